The molecule has 0 spiro atoms. The van der Waals surface area contributed by atoms with Crippen LogP contribution in [0.5, 0.6) is 5.75 Å². The number of nitrogen functional groups attached to an aromatic ring is 1. The average Bonchev–Trinajstić information content (AvgIpc) is 3.16. The second kappa shape index (κ2) is 12.1. The van der Waals surface area contributed by atoms with Crippen LogP contribution in [0.1, 0.15) is 87.3 Å². The largest absolute Gasteiger partial charge is 0.479 e. The Hall–Kier alpha value is -2.59. The number of nitro benzene ring substituents is 1. The van der Waals surface area contributed by atoms with Crippen molar-refractivity contribution < 1.29 is 23.9 Å². The summed E-state index contributed by atoms with van der Waals surface area (Å²) in [6, 6.07) is 6.40. The first-order chi connectivity index (χ1) is 20.6. The molecule has 3 rings (SSSR count). The Morgan fingerprint density at radius 3 is 2.17 bits per heavy atom. The highest BCUT2D eigenvalue weighted by Crippen LogP contribution is 2.54. The summed E-state index contributed by atoms with van der Waals surface area (Å²) in [7, 11) is -4.78. The molecule has 13 heteroatoms. The molecule has 1 aromatic carbocycles. The molecule has 258 valence electrons. The van der Waals surface area contributed by atoms with Crippen molar-refractivity contribution in [2.24, 2.45) is 5.41 Å². The van der Waals surface area contributed by atoms with Gasteiger partial charge in [-0.1, -0.05) is 87.5 Å². The number of nitro groups is 1. The van der Waals surface area contributed by atoms with Gasteiger partial charge in [-0.2, -0.15) is 4.98 Å². The lowest BCUT2D eigenvalue weighted by Crippen LogP contribution is -2.65. The molecule has 0 saturated carbocycles. The SMILES string of the molecule is CC(C)(C)[C@H](Oc1cn([C@@]2(C)C[C@@](O)([Si](C)(C)C(C)(C)C)[C@@H](CO[Si](C)(C)C(C)(C)C)O2)c(=O)nc1N)c1ccccc1[N+](=O)[O-]. The van der Waals surface area contributed by atoms with E-state index in [2.05, 4.69) is 72.7 Å². The summed E-state index contributed by atoms with van der Waals surface area (Å²) in [6.45, 7) is 29.2. The van der Waals surface area contributed by atoms with E-state index in [1.54, 1.807) is 25.1 Å². The molecule has 3 N–H and O–H groups in total. The number of ether oxygens (including phenoxy) is 2. The van der Waals surface area contributed by atoms with Crippen LogP contribution in [0.2, 0.25) is 36.3 Å². The van der Waals surface area contributed by atoms with Gasteiger partial charge in [0.15, 0.2) is 19.9 Å². The summed E-state index contributed by atoms with van der Waals surface area (Å²) in [4.78, 5) is 29.1. The molecule has 0 radical (unpaired) electrons. The lowest BCUT2D eigenvalue weighted by molar-refractivity contribution is -0.386. The third-order valence-corrected chi connectivity index (χ3v) is 21.7. The van der Waals surface area contributed by atoms with Crippen molar-refractivity contribution >= 4 is 27.9 Å². The van der Waals surface area contributed by atoms with Crippen LogP contribution in [0.3, 0.4) is 0 Å². The summed E-state index contributed by atoms with van der Waals surface area (Å²) in [5.74, 6) is -0.0625. The van der Waals surface area contributed by atoms with Crippen molar-refractivity contribution in [3.8, 4) is 5.75 Å². The Balaban J connectivity index is 2.15. The first-order valence-corrected chi connectivity index (χ1v) is 21.8. The van der Waals surface area contributed by atoms with Crippen molar-refractivity contribution in [2.45, 2.75) is 135 Å². The number of benzene rings is 1. The van der Waals surface area contributed by atoms with Gasteiger partial charge in [-0.3, -0.25) is 14.7 Å². The lowest BCUT2D eigenvalue weighted by Gasteiger charge is -2.50. The minimum absolute atomic E-state index is 0.0501. The molecule has 1 aromatic heterocycles. The first kappa shape index (κ1) is 37.9. The predicted molar refractivity (Wildman–Crippen MR) is 187 cm³/mol. The van der Waals surface area contributed by atoms with Crippen LogP contribution >= 0.6 is 0 Å². The third kappa shape index (κ3) is 6.98. The van der Waals surface area contributed by atoms with Gasteiger partial charge in [0.05, 0.1) is 36.6 Å². The van der Waals surface area contributed by atoms with Gasteiger partial charge in [-0.05, 0) is 36.2 Å². The molecule has 2 aromatic rings. The van der Waals surface area contributed by atoms with Crippen LogP contribution in [0, 0.1) is 15.5 Å². The molecule has 1 fully saturated rings. The number of nitrogens with two attached hydrogens (primary N) is 1. The summed E-state index contributed by atoms with van der Waals surface area (Å²) < 4.78 is 21.1. The number of nitrogens with zero attached hydrogens (tertiary/aromatic N) is 3. The minimum atomic E-state index is -2.57. The summed E-state index contributed by atoms with van der Waals surface area (Å²) in [5, 5.41) is 23.1. The van der Waals surface area contributed by atoms with Crippen molar-refractivity contribution in [1.29, 1.82) is 0 Å². The van der Waals surface area contributed by atoms with E-state index in [-0.39, 0.29) is 40.4 Å². The third-order valence-electron chi connectivity index (χ3n) is 10.8. The van der Waals surface area contributed by atoms with Gasteiger partial charge < -0.3 is 24.7 Å². The highest BCUT2D eigenvalue weighted by atomic mass is 28.4. The number of anilines is 1. The molecule has 2 heterocycles. The monoisotopic (exact) mass is 676 g/mol. The Labute approximate surface area is 276 Å². The van der Waals surface area contributed by atoms with Crippen molar-refractivity contribution in [3.05, 3.63) is 56.6 Å². The summed E-state index contributed by atoms with van der Waals surface area (Å²) >= 11 is 0. The van der Waals surface area contributed by atoms with Gasteiger partial charge in [0.1, 0.15) is 17.9 Å². The van der Waals surface area contributed by atoms with Gasteiger partial charge in [-0.15, -0.1) is 0 Å². The fourth-order valence-corrected chi connectivity index (χ4v) is 9.75. The van der Waals surface area contributed by atoms with Gasteiger partial charge >= 0.3 is 5.69 Å². The predicted octanol–water partition coefficient (Wildman–Crippen LogP) is 7.16. The lowest BCUT2D eigenvalue weighted by atomic mass is 9.84. The van der Waals surface area contributed by atoms with E-state index in [1.165, 1.54) is 16.8 Å². The molecule has 1 saturated heterocycles. The zero-order valence-corrected chi connectivity index (χ0v) is 32.3. The Bertz CT molecular complexity index is 1510. The maximum absolute atomic E-state index is 13.5. The van der Waals surface area contributed by atoms with Crippen molar-refractivity contribution in [2.75, 3.05) is 12.3 Å². The van der Waals surface area contributed by atoms with E-state index < -0.39 is 55.6 Å². The first-order valence-electron chi connectivity index (χ1n) is 15.9. The van der Waals surface area contributed by atoms with E-state index in [0.717, 1.165) is 0 Å². The molecule has 11 nitrogen and oxygen atoms in total. The van der Waals surface area contributed by atoms with E-state index in [1.807, 2.05) is 20.8 Å². The highest BCUT2D eigenvalue weighted by Gasteiger charge is 2.65. The second-order valence-electron chi connectivity index (χ2n) is 17.2. The van der Waals surface area contributed by atoms with Crippen LogP contribution < -0.4 is 16.2 Å². The molecule has 46 heavy (non-hydrogen) atoms. The molecule has 0 bridgehead atoms. The van der Waals surface area contributed by atoms with Crippen LogP contribution in [0.4, 0.5) is 11.5 Å². The molecular formula is C33H56N4O7Si2. The Kier molecular flexibility index (Phi) is 9.99. The number of rotatable bonds is 9. The minimum Gasteiger partial charge on any atom is -0.479 e. The Morgan fingerprint density at radius 2 is 1.67 bits per heavy atom. The van der Waals surface area contributed by atoms with Gasteiger partial charge in [0.2, 0.25) is 0 Å². The van der Waals surface area contributed by atoms with E-state index in [9.17, 15) is 20.0 Å². The van der Waals surface area contributed by atoms with Gasteiger partial charge in [0, 0.05) is 17.9 Å². The average molecular weight is 677 g/mol. The normalized spacial score (nSPS) is 23.8. The molecule has 0 unspecified atom stereocenters. The topological polar surface area (TPSA) is 152 Å². The molecule has 4 atom stereocenters. The number of hydrogen-bond donors (Lipinski definition) is 2. The molecule has 0 aliphatic carbocycles. The van der Waals surface area contributed by atoms with E-state index in [4.69, 9.17) is 19.6 Å². The second-order valence-corrected chi connectivity index (χ2v) is 27.6. The molecular weight excluding hydrogens is 621 g/mol. The fourth-order valence-electron chi connectivity index (χ4n) is 5.74. The Morgan fingerprint density at radius 1 is 1.11 bits per heavy atom. The number of para-hydroxylation sites is 1. The zero-order valence-electron chi connectivity index (χ0n) is 30.3. The van der Waals surface area contributed by atoms with Crippen LogP contribution in [-0.4, -0.2) is 53.9 Å². The number of aliphatic hydroxyl groups is 1. The fraction of sp³-hybridized carbons (Fsp3) is 0.697. The summed E-state index contributed by atoms with van der Waals surface area (Å²) in [6.07, 6.45) is 0.0632. The standard InChI is InChI=1S/C33H56N4O7Si2/c1-29(2,3)26(22-17-15-16-18-23(22)37(40)41)43-24-19-36(28(38)35-27(24)34)32(10)21-33(39,45(11,12)30(4,5)6)25(44-32)20-42-46(13,14)31(7,8)9/h15-19,25-26,39H,20-21H2,1-14H3,(H2,34,35,38)/t25-,26-,32-,33-/m1/s1. The van der Waals surface area contributed by atoms with Crippen molar-refractivity contribution in [1.82, 2.24) is 9.55 Å². The zero-order chi connectivity index (χ0) is 35.5. The van der Waals surface area contributed by atoms with Crippen LogP contribution in [-0.2, 0) is 14.9 Å². The number of aromatic nitrogens is 2. The smallest absolute Gasteiger partial charge is 0.352 e. The maximum Gasteiger partial charge on any atom is 0.352 e. The van der Waals surface area contributed by atoms with Crippen LogP contribution in [0.25, 0.3) is 0 Å². The summed E-state index contributed by atoms with van der Waals surface area (Å²) in [5.41, 5.74) is 3.96. The molecule has 1 aliphatic heterocycles. The molecule has 0 amide bonds. The van der Waals surface area contributed by atoms with E-state index in [0.29, 0.717) is 5.56 Å². The maximum atomic E-state index is 13.5. The van der Waals surface area contributed by atoms with E-state index >= 15 is 0 Å². The van der Waals surface area contributed by atoms with Crippen LogP contribution in [0.15, 0.2) is 35.3 Å². The quantitative estimate of drug-likeness (QED) is 0.160. The highest BCUT2D eigenvalue weighted by molar-refractivity contribution is 6.83. The van der Waals surface area contributed by atoms with Gasteiger partial charge in [0.25, 0.3) is 5.69 Å². The van der Waals surface area contributed by atoms with Crippen molar-refractivity contribution in [3.63, 3.8) is 0 Å². The van der Waals surface area contributed by atoms with Gasteiger partial charge in [-0.25, -0.2) is 4.79 Å². The molecule has 1 aliphatic rings. The number of hydrogen-bond acceptors (Lipinski definition) is 9.